The molecule has 0 saturated carbocycles. The quantitative estimate of drug-likeness (QED) is 0.756. The van der Waals surface area contributed by atoms with Crippen LogP contribution in [-0.4, -0.2) is 45.3 Å². The Morgan fingerprint density at radius 1 is 1.39 bits per heavy atom. The van der Waals surface area contributed by atoms with Crippen molar-refractivity contribution in [3.8, 4) is 0 Å². The molecule has 1 aromatic rings. The van der Waals surface area contributed by atoms with E-state index in [1.807, 2.05) is 13.8 Å². The fraction of sp³-hybridized carbons (Fsp3) is 0.643. The van der Waals surface area contributed by atoms with E-state index in [-0.39, 0.29) is 40.8 Å². The van der Waals surface area contributed by atoms with Crippen molar-refractivity contribution >= 4 is 28.3 Å². The number of aryl methyl sites for hydroxylation is 1. The number of nitrogens with one attached hydrogen (secondary N) is 1. The van der Waals surface area contributed by atoms with Gasteiger partial charge in [0.1, 0.15) is 5.76 Å². The Kier molecular flexibility index (Phi) is 8.26. The molecule has 3 N–H and O–H groups in total. The standard InChI is InChI=1S/C14H25N3O4S.ClH/c1-9(2)6-11(8-15)16-14(18)12-7-13(21-10(12)3)22(19,20)17(4)5;/h7,9,11H,6,8,15H2,1-5H3,(H,16,18);1H. The average molecular weight is 368 g/mol. The van der Waals surface area contributed by atoms with Crippen LogP contribution in [0.1, 0.15) is 36.4 Å². The van der Waals surface area contributed by atoms with Gasteiger partial charge in [0.2, 0.25) is 5.09 Å². The van der Waals surface area contributed by atoms with E-state index in [4.69, 9.17) is 10.2 Å². The number of hydrogen-bond acceptors (Lipinski definition) is 5. The topological polar surface area (TPSA) is 106 Å². The smallest absolute Gasteiger partial charge is 0.275 e. The predicted molar refractivity (Wildman–Crippen MR) is 91.3 cm³/mol. The maximum absolute atomic E-state index is 12.3. The molecule has 0 aromatic carbocycles. The lowest BCUT2D eigenvalue weighted by atomic mass is 10.0. The lowest BCUT2D eigenvalue weighted by Crippen LogP contribution is -2.41. The molecule has 1 unspecified atom stereocenters. The molecule has 134 valence electrons. The zero-order valence-electron chi connectivity index (χ0n) is 14.1. The van der Waals surface area contributed by atoms with Gasteiger partial charge in [-0.1, -0.05) is 13.8 Å². The van der Waals surface area contributed by atoms with Gasteiger partial charge >= 0.3 is 0 Å². The van der Waals surface area contributed by atoms with E-state index >= 15 is 0 Å². The first kappa shape index (κ1) is 21.9. The molecular formula is C14H26ClN3O4S. The summed E-state index contributed by atoms with van der Waals surface area (Å²) in [6, 6.07) is 1.10. The highest BCUT2D eigenvalue weighted by Gasteiger charge is 2.26. The molecule has 0 radical (unpaired) electrons. The normalized spacial score (nSPS) is 13.0. The molecular weight excluding hydrogens is 342 g/mol. The Hall–Kier alpha value is -1.09. The largest absolute Gasteiger partial charge is 0.448 e. The van der Waals surface area contributed by atoms with Crippen molar-refractivity contribution in [3.63, 3.8) is 0 Å². The Bertz CT molecular complexity index is 626. The fourth-order valence-electron chi connectivity index (χ4n) is 2.03. The van der Waals surface area contributed by atoms with Crippen LogP contribution in [0.5, 0.6) is 0 Å². The summed E-state index contributed by atoms with van der Waals surface area (Å²) in [7, 11) is -0.898. The average Bonchev–Trinajstić information content (AvgIpc) is 2.79. The first-order valence-corrected chi connectivity index (χ1v) is 8.57. The number of furan rings is 1. The van der Waals surface area contributed by atoms with E-state index in [0.717, 1.165) is 10.7 Å². The number of halogens is 1. The van der Waals surface area contributed by atoms with E-state index < -0.39 is 10.0 Å². The van der Waals surface area contributed by atoms with Gasteiger partial charge in [-0.05, 0) is 19.3 Å². The summed E-state index contributed by atoms with van der Waals surface area (Å²) in [6.45, 7) is 5.96. The maximum Gasteiger partial charge on any atom is 0.275 e. The van der Waals surface area contributed by atoms with Crippen molar-refractivity contribution in [3.05, 3.63) is 17.4 Å². The van der Waals surface area contributed by atoms with Crippen LogP contribution in [0.2, 0.25) is 0 Å². The van der Waals surface area contributed by atoms with Crippen LogP contribution in [-0.2, 0) is 10.0 Å². The third-order valence-corrected chi connectivity index (χ3v) is 4.92. The van der Waals surface area contributed by atoms with E-state index in [9.17, 15) is 13.2 Å². The van der Waals surface area contributed by atoms with E-state index in [0.29, 0.717) is 12.5 Å². The summed E-state index contributed by atoms with van der Waals surface area (Å²) in [5.41, 5.74) is 5.87. The molecule has 0 aliphatic rings. The van der Waals surface area contributed by atoms with Crippen molar-refractivity contribution in [2.75, 3.05) is 20.6 Å². The SMILES string of the molecule is Cc1oc(S(=O)(=O)N(C)C)cc1C(=O)NC(CN)CC(C)C.Cl. The van der Waals surface area contributed by atoms with Crippen LogP contribution >= 0.6 is 12.4 Å². The van der Waals surface area contributed by atoms with E-state index in [1.54, 1.807) is 6.92 Å². The second-order valence-electron chi connectivity index (χ2n) is 5.86. The zero-order valence-corrected chi connectivity index (χ0v) is 15.8. The van der Waals surface area contributed by atoms with Crippen molar-refractivity contribution in [2.24, 2.45) is 11.7 Å². The fourth-order valence-corrected chi connectivity index (χ4v) is 2.89. The number of nitrogens with zero attached hydrogens (tertiary/aromatic N) is 1. The molecule has 0 bridgehead atoms. The number of sulfonamides is 1. The lowest BCUT2D eigenvalue weighted by molar-refractivity contribution is 0.0932. The Morgan fingerprint density at radius 3 is 2.39 bits per heavy atom. The molecule has 1 atom stereocenters. The van der Waals surface area contributed by atoms with Gasteiger partial charge < -0.3 is 15.5 Å². The summed E-state index contributed by atoms with van der Waals surface area (Å²) >= 11 is 0. The number of hydrogen-bond donors (Lipinski definition) is 2. The highest BCUT2D eigenvalue weighted by atomic mass is 35.5. The maximum atomic E-state index is 12.3. The van der Waals surface area contributed by atoms with Crippen molar-refractivity contribution in [1.29, 1.82) is 0 Å². The Labute approximate surface area is 144 Å². The molecule has 0 aliphatic heterocycles. The van der Waals surface area contributed by atoms with Crippen LogP contribution in [0.25, 0.3) is 0 Å². The second kappa shape index (κ2) is 8.68. The summed E-state index contributed by atoms with van der Waals surface area (Å²) in [4.78, 5) is 12.3. The first-order valence-electron chi connectivity index (χ1n) is 7.13. The number of carbonyl (C=O) groups is 1. The molecule has 7 nitrogen and oxygen atoms in total. The van der Waals surface area contributed by atoms with Gasteiger partial charge in [0, 0.05) is 32.7 Å². The van der Waals surface area contributed by atoms with Gasteiger partial charge in [0.05, 0.1) is 5.56 Å². The van der Waals surface area contributed by atoms with Gasteiger partial charge in [-0.15, -0.1) is 12.4 Å². The third-order valence-electron chi connectivity index (χ3n) is 3.25. The van der Waals surface area contributed by atoms with Crippen LogP contribution in [0.3, 0.4) is 0 Å². The van der Waals surface area contributed by atoms with Crippen LogP contribution in [0.4, 0.5) is 0 Å². The number of nitrogens with two attached hydrogens (primary N) is 1. The van der Waals surface area contributed by atoms with Gasteiger partial charge in [-0.2, -0.15) is 0 Å². The number of carbonyl (C=O) groups excluding carboxylic acids is 1. The van der Waals surface area contributed by atoms with Gasteiger partial charge in [0.25, 0.3) is 15.9 Å². The second-order valence-corrected chi connectivity index (χ2v) is 7.94. The van der Waals surface area contributed by atoms with Crippen LogP contribution in [0, 0.1) is 12.8 Å². The minimum Gasteiger partial charge on any atom is -0.448 e. The molecule has 0 aliphatic carbocycles. The molecule has 0 spiro atoms. The predicted octanol–water partition coefficient (Wildman–Crippen LogP) is 1.36. The van der Waals surface area contributed by atoms with Gasteiger partial charge in [-0.25, -0.2) is 12.7 Å². The van der Waals surface area contributed by atoms with E-state index in [2.05, 4.69) is 5.32 Å². The van der Waals surface area contributed by atoms with E-state index in [1.165, 1.54) is 20.2 Å². The summed E-state index contributed by atoms with van der Waals surface area (Å²) in [6.07, 6.45) is 0.752. The minimum atomic E-state index is -3.70. The Morgan fingerprint density at radius 2 is 1.96 bits per heavy atom. The molecule has 0 saturated heterocycles. The summed E-state index contributed by atoms with van der Waals surface area (Å²) in [5, 5.41) is 2.57. The van der Waals surface area contributed by atoms with Gasteiger partial charge in [-0.3, -0.25) is 4.79 Å². The van der Waals surface area contributed by atoms with Crippen molar-refractivity contribution < 1.29 is 17.6 Å². The summed E-state index contributed by atoms with van der Waals surface area (Å²) < 4.78 is 30.3. The Balaban J connectivity index is 0.00000484. The molecule has 1 amide bonds. The van der Waals surface area contributed by atoms with Gasteiger partial charge in [0.15, 0.2) is 0 Å². The van der Waals surface area contributed by atoms with Crippen LogP contribution < -0.4 is 11.1 Å². The molecule has 0 fully saturated rings. The molecule has 1 aromatic heterocycles. The first-order chi connectivity index (χ1) is 10.1. The van der Waals surface area contributed by atoms with Crippen molar-refractivity contribution in [1.82, 2.24) is 9.62 Å². The number of amides is 1. The molecule has 1 rings (SSSR count). The van der Waals surface area contributed by atoms with Crippen molar-refractivity contribution in [2.45, 2.75) is 38.3 Å². The number of rotatable bonds is 7. The highest BCUT2D eigenvalue weighted by Crippen LogP contribution is 2.21. The highest BCUT2D eigenvalue weighted by molar-refractivity contribution is 7.88. The monoisotopic (exact) mass is 367 g/mol. The third kappa shape index (κ3) is 5.49. The van der Waals surface area contributed by atoms with Crippen LogP contribution in [0.15, 0.2) is 15.6 Å². The lowest BCUT2D eigenvalue weighted by Gasteiger charge is -2.18. The molecule has 1 heterocycles. The summed E-state index contributed by atoms with van der Waals surface area (Å²) in [5.74, 6) is 0.278. The zero-order chi connectivity index (χ0) is 17.1. The minimum absolute atomic E-state index is 0. The molecule has 23 heavy (non-hydrogen) atoms. The molecule has 9 heteroatoms.